The van der Waals surface area contributed by atoms with E-state index in [2.05, 4.69) is 25.8 Å². The summed E-state index contributed by atoms with van der Waals surface area (Å²) < 4.78 is 5.25. The van der Waals surface area contributed by atoms with Gasteiger partial charge in [-0.2, -0.15) is 5.10 Å². The molecule has 2 rings (SSSR count). The molecule has 0 aliphatic heterocycles. The quantitative estimate of drug-likeness (QED) is 0.587. The Hall–Kier alpha value is -3.03. The van der Waals surface area contributed by atoms with Gasteiger partial charge >= 0.3 is 6.09 Å². The van der Waals surface area contributed by atoms with Gasteiger partial charge in [-0.1, -0.05) is 26.3 Å². The fourth-order valence-electron chi connectivity index (χ4n) is 2.44. The SMILES string of the molecule is CCC(C)C(NC(=O)OC(C)(C)C)C(=O)NN=Cc1ccc2nccnc2c1. The summed E-state index contributed by atoms with van der Waals surface area (Å²) in [6.45, 7) is 9.13. The summed E-state index contributed by atoms with van der Waals surface area (Å²) in [7, 11) is 0. The number of ether oxygens (including phenoxy) is 1. The van der Waals surface area contributed by atoms with Crippen LogP contribution in [0.5, 0.6) is 0 Å². The van der Waals surface area contributed by atoms with Gasteiger partial charge in [0.1, 0.15) is 11.6 Å². The number of aromatic nitrogens is 2. The molecule has 1 aromatic carbocycles. The van der Waals surface area contributed by atoms with Crippen molar-refractivity contribution in [3.05, 3.63) is 36.2 Å². The van der Waals surface area contributed by atoms with Crippen LogP contribution >= 0.6 is 0 Å². The molecule has 8 nitrogen and oxygen atoms in total. The summed E-state index contributed by atoms with van der Waals surface area (Å²) in [5.74, 6) is -0.490. The second-order valence-corrected chi connectivity index (χ2v) is 7.55. The number of rotatable bonds is 6. The van der Waals surface area contributed by atoms with Crippen LogP contribution in [0.25, 0.3) is 11.0 Å². The third kappa shape index (κ3) is 6.29. The van der Waals surface area contributed by atoms with E-state index < -0.39 is 23.6 Å². The minimum Gasteiger partial charge on any atom is -0.444 e. The van der Waals surface area contributed by atoms with Crippen LogP contribution in [0.2, 0.25) is 0 Å². The Morgan fingerprint density at radius 2 is 1.89 bits per heavy atom. The van der Waals surface area contributed by atoms with Crippen molar-refractivity contribution in [2.45, 2.75) is 52.7 Å². The lowest BCUT2D eigenvalue weighted by Crippen LogP contribution is -2.50. The van der Waals surface area contributed by atoms with Gasteiger partial charge in [0.25, 0.3) is 5.91 Å². The number of fused-ring (bicyclic) bond motifs is 1. The number of hydrogen-bond acceptors (Lipinski definition) is 6. The smallest absolute Gasteiger partial charge is 0.408 e. The van der Waals surface area contributed by atoms with Crippen molar-refractivity contribution in [3.63, 3.8) is 0 Å². The van der Waals surface area contributed by atoms with Crippen molar-refractivity contribution in [2.24, 2.45) is 11.0 Å². The van der Waals surface area contributed by atoms with E-state index in [1.54, 1.807) is 33.2 Å². The van der Waals surface area contributed by atoms with Crippen LogP contribution in [-0.4, -0.2) is 39.8 Å². The minimum absolute atomic E-state index is 0.0846. The molecule has 1 aromatic heterocycles. The second kappa shape index (κ2) is 9.25. The maximum atomic E-state index is 12.5. The van der Waals surface area contributed by atoms with E-state index in [0.29, 0.717) is 6.42 Å². The summed E-state index contributed by atoms with van der Waals surface area (Å²) in [5, 5.41) is 6.63. The number of nitrogens with zero attached hydrogens (tertiary/aromatic N) is 3. The standard InChI is InChI=1S/C20H27N5O3/c1-6-13(2)17(24-19(27)28-20(3,4)5)18(26)25-23-12-14-7-8-15-16(11-14)22-10-9-21-15/h7-13,17H,6H2,1-5H3,(H,24,27)(H,25,26). The topological polar surface area (TPSA) is 106 Å². The van der Waals surface area contributed by atoms with E-state index in [-0.39, 0.29) is 5.92 Å². The van der Waals surface area contributed by atoms with Crippen LogP contribution < -0.4 is 10.7 Å². The monoisotopic (exact) mass is 385 g/mol. The van der Waals surface area contributed by atoms with Gasteiger partial charge in [-0.05, 0) is 44.4 Å². The lowest BCUT2D eigenvalue weighted by Gasteiger charge is -2.25. The maximum Gasteiger partial charge on any atom is 0.408 e. The molecule has 8 heteroatoms. The summed E-state index contributed by atoms with van der Waals surface area (Å²) in [4.78, 5) is 33.0. The first-order valence-electron chi connectivity index (χ1n) is 9.23. The number of carbonyl (C=O) groups excluding carboxylic acids is 2. The number of amides is 2. The Bertz CT molecular complexity index is 860. The third-order valence-electron chi connectivity index (χ3n) is 4.05. The van der Waals surface area contributed by atoms with Crippen molar-refractivity contribution in [2.75, 3.05) is 0 Å². The molecule has 28 heavy (non-hydrogen) atoms. The van der Waals surface area contributed by atoms with Crippen molar-refractivity contribution >= 4 is 29.2 Å². The zero-order valence-corrected chi connectivity index (χ0v) is 16.9. The van der Waals surface area contributed by atoms with Gasteiger partial charge in [-0.3, -0.25) is 14.8 Å². The number of carbonyl (C=O) groups is 2. The molecule has 0 spiro atoms. The summed E-state index contributed by atoms with van der Waals surface area (Å²) in [5.41, 5.74) is 4.14. The molecule has 0 aliphatic carbocycles. The average Bonchev–Trinajstić information content (AvgIpc) is 2.64. The van der Waals surface area contributed by atoms with Gasteiger partial charge in [0.2, 0.25) is 0 Å². The first-order chi connectivity index (χ1) is 13.2. The van der Waals surface area contributed by atoms with Gasteiger partial charge < -0.3 is 10.1 Å². The molecule has 0 saturated carbocycles. The van der Waals surface area contributed by atoms with Crippen molar-refractivity contribution in [1.82, 2.24) is 20.7 Å². The fourth-order valence-corrected chi connectivity index (χ4v) is 2.44. The van der Waals surface area contributed by atoms with E-state index in [4.69, 9.17) is 4.74 Å². The zero-order chi connectivity index (χ0) is 20.7. The molecular weight excluding hydrogens is 358 g/mol. The van der Waals surface area contributed by atoms with Crippen molar-refractivity contribution < 1.29 is 14.3 Å². The Labute approximate surface area is 164 Å². The molecule has 0 radical (unpaired) electrons. The lowest BCUT2D eigenvalue weighted by atomic mass is 9.99. The van der Waals surface area contributed by atoms with Gasteiger partial charge in [0.15, 0.2) is 0 Å². The van der Waals surface area contributed by atoms with E-state index >= 15 is 0 Å². The van der Waals surface area contributed by atoms with E-state index in [1.165, 1.54) is 6.21 Å². The summed E-state index contributed by atoms with van der Waals surface area (Å²) in [6, 6.07) is 4.73. The molecule has 2 unspecified atom stereocenters. The Balaban J connectivity index is 2.03. The van der Waals surface area contributed by atoms with Gasteiger partial charge in [-0.25, -0.2) is 10.2 Å². The number of hydrogen-bond donors (Lipinski definition) is 2. The molecule has 2 N–H and O–H groups in total. The number of hydrazone groups is 1. The van der Waals surface area contributed by atoms with Crippen LogP contribution in [0.4, 0.5) is 4.79 Å². The van der Waals surface area contributed by atoms with Gasteiger partial charge in [0.05, 0.1) is 17.2 Å². The highest BCUT2D eigenvalue weighted by Gasteiger charge is 2.28. The molecule has 2 atom stereocenters. The highest BCUT2D eigenvalue weighted by Crippen LogP contribution is 2.12. The van der Waals surface area contributed by atoms with Crippen LogP contribution in [0, 0.1) is 5.92 Å². The second-order valence-electron chi connectivity index (χ2n) is 7.55. The molecular formula is C20H27N5O3. The third-order valence-corrected chi connectivity index (χ3v) is 4.05. The maximum absolute atomic E-state index is 12.5. The minimum atomic E-state index is -0.750. The zero-order valence-electron chi connectivity index (χ0n) is 16.9. The van der Waals surface area contributed by atoms with E-state index in [9.17, 15) is 9.59 Å². The predicted octanol–water partition coefficient (Wildman–Crippen LogP) is 3.02. The molecule has 0 saturated heterocycles. The molecule has 2 amide bonds. The molecule has 0 aliphatic rings. The number of nitrogens with one attached hydrogen (secondary N) is 2. The lowest BCUT2D eigenvalue weighted by molar-refractivity contribution is -0.124. The highest BCUT2D eigenvalue weighted by molar-refractivity contribution is 5.89. The van der Waals surface area contributed by atoms with Crippen LogP contribution in [-0.2, 0) is 9.53 Å². The van der Waals surface area contributed by atoms with E-state index in [0.717, 1.165) is 16.6 Å². The molecule has 2 aromatic rings. The van der Waals surface area contributed by atoms with E-state index in [1.807, 2.05) is 32.0 Å². The van der Waals surface area contributed by atoms with Gasteiger partial charge in [-0.15, -0.1) is 0 Å². The number of benzene rings is 1. The first kappa shape index (κ1) is 21.3. The fraction of sp³-hybridized carbons (Fsp3) is 0.450. The van der Waals surface area contributed by atoms with Gasteiger partial charge in [0, 0.05) is 12.4 Å². The molecule has 0 bridgehead atoms. The molecule has 150 valence electrons. The molecule has 0 fully saturated rings. The summed E-state index contributed by atoms with van der Waals surface area (Å²) >= 11 is 0. The van der Waals surface area contributed by atoms with Crippen LogP contribution in [0.1, 0.15) is 46.6 Å². The highest BCUT2D eigenvalue weighted by atomic mass is 16.6. The average molecular weight is 385 g/mol. The largest absolute Gasteiger partial charge is 0.444 e. The molecule has 1 heterocycles. The summed E-state index contributed by atoms with van der Waals surface area (Å²) in [6.07, 6.45) is 4.84. The Morgan fingerprint density at radius 3 is 2.54 bits per heavy atom. The number of alkyl carbamates (subject to hydrolysis) is 1. The predicted molar refractivity (Wildman–Crippen MR) is 108 cm³/mol. The van der Waals surface area contributed by atoms with Crippen molar-refractivity contribution in [3.8, 4) is 0 Å². The first-order valence-corrected chi connectivity index (χ1v) is 9.23. The van der Waals surface area contributed by atoms with Crippen LogP contribution in [0.3, 0.4) is 0 Å². The normalized spacial score (nSPS) is 13.9. The Kier molecular flexibility index (Phi) is 7.03. The van der Waals surface area contributed by atoms with Crippen molar-refractivity contribution in [1.29, 1.82) is 0 Å². The Morgan fingerprint density at radius 1 is 1.21 bits per heavy atom. The van der Waals surface area contributed by atoms with Crippen LogP contribution in [0.15, 0.2) is 35.7 Å².